The van der Waals surface area contributed by atoms with Crippen molar-refractivity contribution in [1.82, 2.24) is 9.80 Å². The maximum atomic E-state index is 13.6. The van der Waals surface area contributed by atoms with E-state index < -0.39 is 0 Å². The zero-order valence-corrected chi connectivity index (χ0v) is 46.0. The van der Waals surface area contributed by atoms with E-state index >= 15 is 0 Å². The van der Waals surface area contributed by atoms with Gasteiger partial charge in [0.2, 0.25) is 0 Å². The molecule has 0 aliphatic rings. The van der Waals surface area contributed by atoms with Crippen LogP contribution >= 0.6 is 0 Å². The van der Waals surface area contributed by atoms with Crippen molar-refractivity contribution in [2.24, 2.45) is 5.92 Å². The molecule has 1 atom stereocenters. The Bertz CT molecular complexity index is 1130. The van der Waals surface area contributed by atoms with E-state index in [2.05, 4.69) is 113 Å². The van der Waals surface area contributed by atoms with Crippen molar-refractivity contribution >= 4 is 6.09 Å². The van der Waals surface area contributed by atoms with Crippen LogP contribution in [0.25, 0.3) is 0 Å². The number of unbranched alkanes of at least 4 members (excludes halogenated alkanes) is 27. The fourth-order valence-corrected chi connectivity index (χ4v) is 8.97. The monoisotopic (exact) mass is 933 g/mol. The second-order valence-corrected chi connectivity index (χ2v) is 20.4. The van der Waals surface area contributed by atoms with Crippen LogP contribution in [-0.2, 0) is 4.74 Å². The molecule has 0 aliphatic carbocycles. The van der Waals surface area contributed by atoms with Crippen LogP contribution in [0, 0.1) is 5.92 Å². The number of rotatable bonds is 51. The number of nitrogens with zero attached hydrogens (tertiary/aromatic N) is 2. The van der Waals surface area contributed by atoms with Crippen molar-refractivity contribution in [1.29, 1.82) is 0 Å². The molecule has 0 aromatic heterocycles. The third kappa shape index (κ3) is 49.9. The number of hydrogen-bond donors (Lipinski definition) is 0. The Morgan fingerprint density at radius 3 is 0.985 bits per heavy atom. The van der Waals surface area contributed by atoms with Crippen molar-refractivity contribution in [3.05, 3.63) is 72.9 Å². The molecule has 0 radical (unpaired) electrons. The van der Waals surface area contributed by atoms with Gasteiger partial charge in [-0.1, -0.05) is 222 Å². The quantitative estimate of drug-likeness (QED) is 0.0450. The SMILES string of the molecule is CCCCC/C=C/C/C=C/CCCCCCCCC(CCCCCCCC/C=C/C/C=C/CCCCC)C(CCCCCCCC/C=C/C/C=C/CCCCC)OC(=O)N(C)CCCN(C)C. The lowest BCUT2D eigenvalue weighted by molar-refractivity contribution is 0.0264. The first kappa shape index (κ1) is 64.7. The molecule has 0 N–H and O–H groups in total. The number of amides is 1. The second kappa shape index (κ2) is 54.6. The van der Waals surface area contributed by atoms with Crippen LogP contribution in [0.4, 0.5) is 4.79 Å². The van der Waals surface area contributed by atoms with Crippen LogP contribution in [0.1, 0.15) is 278 Å². The summed E-state index contributed by atoms with van der Waals surface area (Å²) < 4.78 is 6.55. The lowest BCUT2D eigenvalue weighted by Crippen LogP contribution is -2.36. The van der Waals surface area contributed by atoms with Gasteiger partial charge in [0.05, 0.1) is 0 Å². The van der Waals surface area contributed by atoms with Crippen molar-refractivity contribution in [3.8, 4) is 0 Å². The highest BCUT2D eigenvalue weighted by atomic mass is 16.6. The van der Waals surface area contributed by atoms with E-state index in [1.165, 1.54) is 218 Å². The lowest BCUT2D eigenvalue weighted by atomic mass is 9.87. The molecule has 0 aromatic carbocycles. The van der Waals surface area contributed by atoms with E-state index in [9.17, 15) is 4.79 Å². The normalized spacial score (nSPS) is 13.0. The molecule has 0 saturated heterocycles. The minimum atomic E-state index is -0.108. The van der Waals surface area contributed by atoms with Crippen molar-refractivity contribution in [2.45, 2.75) is 284 Å². The molecule has 0 rings (SSSR count). The van der Waals surface area contributed by atoms with Crippen molar-refractivity contribution in [3.63, 3.8) is 0 Å². The highest BCUT2D eigenvalue weighted by Crippen LogP contribution is 2.28. The molecule has 4 nitrogen and oxygen atoms in total. The van der Waals surface area contributed by atoms with Gasteiger partial charge in [0.15, 0.2) is 0 Å². The third-order valence-corrected chi connectivity index (χ3v) is 13.4. The molecule has 4 heteroatoms. The van der Waals surface area contributed by atoms with Gasteiger partial charge in [-0.3, -0.25) is 0 Å². The fourth-order valence-electron chi connectivity index (χ4n) is 8.97. The predicted molar refractivity (Wildman–Crippen MR) is 301 cm³/mol. The van der Waals surface area contributed by atoms with Crippen LogP contribution in [-0.4, -0.2) is 56.2 Å². The van der Waals surface area contributed by atoms with Gasteiger partial charge in [-0.25, -0.2) is 4.79 Å². The first-order chi connectivity index (χ1) is 33.0. The molecule has 1 unspecified atom stereocenters. The first-order valence-electron chi connectivity index (χ1n) is 29.4. The van der Waals surface area contributed by atoms with E-state index in [0.29, 0.717) is 5.92 Å². The molecular weight excluding hydrogens is 817 g/mol. The van der Waals surface area contributed by atoms with Gasteiger partial charge in [0.25, 0.3) is 0 Å². The summed E-state index contributed by atoms with van der Waals surface area (Å²) in [6.45, 7) is 8.55. The smallest absolute Gasteiger partial charge is 0.409 e. The summed E-state index contributed by atoms with van der Waals surface area (Å²) in [5.74, 6) is 0.466. The topological polar surface area (TPSA) is 32.8 Å². The number of ether oxygens (including phenoxy) is 1. The summed E-state index contributed by atoms with van der Waals surface area (Å²) >= 11 is 0. The molecule has 1 amide bonds. The zero-order valence-electron chi connectivity index (χ0n) is 46.0. The van der Waals surface area contributed by atoms with Gasteiger partial charge >= 0.3 is 6.09 Å². The van der Waals surface area contributed by atoms with Crippen LogP contribution in [0.3, 0.4) is 0 Å². The minimum absolute atomic E-state index is 0.0329. The summed E-state index contributed by atoms with van der Waals surface area (Å²) in [5.41, 5.74) is 0. The molecule has 0 aromatic rings. The highest BCUT2D eigenvalue weighted by Gasteiger charge is 2.26. The summed E-state index contributed by atoms with van der Waals surface area (Å²) in [6, 6.07) is 0. The molecule has 390 valence electrons. The Kier molecular flexibility index (Phi) is 52.7. The van der Waals surface area contributed by atoms with Gasteiger partial charge in [-0.15, -0.1) is 0 Å². The van der Waals surface area contributed by atoms with E-state index in [1.807, 2.05) is 11.9 Å². The molecule has 0 spiro atoms. The Hall–Kier alpha value is -2.33. The lowest BCUT2D eigenvalue weighted by Gasteiger charge is -2.30. The number of allylic oxidation sites excluding steroid dienone is 12. The molecule has 0 fully saturated rings. The largest absolute Gasteiger partial charge is 0.446 e. The van der Waals surface area contributed by atoms with Crippen LogP contribution < -0.4 is 0 Å². The number of carbonyl (C=O) groups excluding carboxylic acids is 1. The zero-order chi connectivity index (χ0) is 48.8. The molecule has 0 saturated carbocycles. The first-order valence-corrected chi connectivity index (χ1v) is 29.4. The minimum Gasteiger partial charge on any atom is -0.446 e. The summed E-state index contributed by atoms with van der Waals surface area (Å²) in [4.78, 5) is 17.7. The van der Waals surface area contributed by atoms with E-state index in [0.717, 1.165) is 51.6 Å². The molecule has 0 bridgehead atoms. The van der Waals surface area contributed by atoms with Gasteiger partial charge in [0.1, 0.15) is 6.10 Å². The molecule has 0 aliphatic heterocycles. The van der Waals surface area contributed by atoms with E-state index in [4.69, 9.17) is 4.74 Å². The van der Waals surface area contributed by atoms with Crippen molar-refractivity contribution < 1.29 is 9.53 Å². The van der Waals surface area contributed by atoms with Crippen molar-refractivity contribution in [2.75, 3.05) is 34.2 Å². The van der Waals surface area contributed by atoms with Gasteiger partial charge in [0, 0.05) is 13.6 Å². The number of carbonyl (C=O) groups is 1. The summed E-state index contributed by atoms with van der Waals surface area (Å²) in [6.07, 6.45) is 78.5. The summed E-state index contributed by atoms with van der Waals surface area (Å²) in [7, 11) is 6.15. The third-order valence-electron chi connectivity index (χ3n) is 13.4. The average molecular weight is 934 g/mol. The maximum absolute atomic E-state index is 13.6. The van der Waals surface area contributed by atoms with Crippen LogP contribution in [0.15, 0.2) is 72.9 Å². The highest BCUT2D eigenvalue weighted by molar-refractivity contribution is 5.67. The summed E-state index contributed by atoms with van der Waals surface area (Å²) in [5, 5.41) is 0. The number of hydrogen-bond acceptors (Lipinski definition) is 3. The van der Waals surface area contributed by atoms with Gasteiger partial charge in [-0.05, 0) is 155 Å². The maximum Gasteiger partial charge on any atom is 0.409 e. The molecular formula is C63H116N2O2. The average Bonchev–Trinajstić information content (AvgIpc) is 3.32. The van der Waals surface area contributed by atoms with E-state index in [1.54, 1.807) is 0 Å². The van der Waals surface area contributed by atoms with Crippen LogP contribution in [0.5, 0.6) is 0 Å². The Labute approximate surface area is 420 Å². The predicted octanol–water partition coefficient (Wildman–Crippen LogP) is 20.6. The standard InChI is InChI=1S/C63H116N2O2/c1-7-10-13-16-19-22-25-28-31-34-37-40-43-46-49-52-56-61(57-53-50-47-44-41-38-35-32-29-26-23-20-17-14-11-8-2)62(67-63(66)65(6)60-55-59-64(4)5)58-54-51-48-45-42-39-36-33-30-27-24-21-18-15-12-9-3/h19-24,28-33,61-62H,7-18,25-27,34-60H2,1-6H3/b22-19+,23-20+,24-21+,31-28+,32-29+,33-30+. The second-order valence-electron chi connectivity index (χ2n) is 20.4. The fraction of sp³-hybridized carbons (Fsp3) is 0.794. The Balaban J connectivity index is 5.13. The van der Waals surface area contributed by atoms with Gasteiger partial charge < -0.3 is 14.5 Å². The Morgan fingerprint density at radius 2 is 0.657 bits per heavy atom. The molecule has 67 heavy (non-hydrogen) atoms. The van der Waals surface area contributed by atoms with Crippen LogP contribution in [0.2, 0.25) is 0 Å². The molecule has 0 heterocycles. The van der Waals surface area contributed by atoms with Gasteiger partial charge in [-0.2, -0.15) is 0 Å². The Morgan fingerprint density at radius 1 is 0.358 bits per heavy atom. The van der Waals surface area contributed by atoms with E-state index in [-0.39, 0.29) is 12.2 Å².